The number of nitrogens with two attached hydrogens (primary N) is 1. The van der Waals surface area contributed by atoms with Gasteiger partial charge < -0.3 is 25.8 Å². The Morgan fingerprint density at radius 3 is 2.45 bits per heavy atom. The first-order chi connectivity index (χ1) is 13.8. The number of rotatable bonds is 8. The highest BCUT2D eigenvalue weighted by Crippen LogP contribution is 2.27. The number of anilines is 1. The minimum Gasteiger partial charge on any atom is -0.495 e. The highest BCUT2D eigenvalue weighted by molar-refractivity contribution is 6.32. The van der Waals surface area contributed by atoms with E-state index in [-0.39, 0.29) is 6.42 Å². The molecule has 0 heterocycles. The van der Waals surface area contributed by atoms with Crippen molar-refractivity contribution in [3.8, 4) is 5.75 Å². The van der Waals surface area contributed by atoms with E-state index < -0.39 is 30.6 Å². The van der Waals surface area contributed by atoms with Gasteiger partial charge >= 0.3 is 12.0 Å². The van der Waals surface area contributed by atoms with Crippen LogP contribution in [-0.2, 0) is 14.3 Å². The van der Waals surface area contributed by atoms with Crippen molar-refractivity contribution in [2.75, 3.05) is 19.0 Å². The molecule has 0 aliphatic rings. The third-order valence-electron chi connectivity index (χ3n) is 3.77. The van der Waals surface area contributed by atoms with Gasteiger partial charge in [0.05, 0.1) is 24.6 Å². The van der Waals surface area contributed by atoms with E-state index in [1.807, 2.05) is 0 Å². The van der Waals surface area contributed by atoms with Crippen molar-refractivity contribution in [2.45, 2.75) is 12.5 Å². The number of urea groups is 1. The maximum absolute atomic E-state index is 12.1. The van der Waals surface area contributed by atoms with Crippen LogP contribution in [0.5, 0.6) is 5.75 Å². The van der Waals surface area contributed by atoms with Crippen LogP contribution < -0.4 is 21.1 Å². The van der Waals surface area contributed by atoms with Crippen LogP contribution in [0.1, 0.15) is 18.0 Å². The second kappa shape index (κ2) is 10.5. The standard InChI is InChI=1S/C19H19Cl2N3O5/c1-28-16-7-6-11(8-14(16)21)23-17(25)10-29-18(26)9-15(24-19(22)27)12-4-2-3-5-13(12)20/h2-8,15H,9-10H2,1H3,(H,23,25)(H3,22,24,27). The molecule has 8 nitrogen and oxygen atoms in total. The van der Waals surface area contributed by atoms with E-state index in [1.165, 1.54) is 13.2 Å². The molecule has 10 heteroatoms. The lowest BCUT2D eigenvalue weighted by molar-refractivity contribution is -0.147. The number of hydrogen-bond acceptors (Lipinski definition) is 5. The molecule has 3 amide bonds. The fraction of sp³-hybridized carbons (Fsp3) is 0.211. The van der Waals surface area contributed by atoms with Crippen molar-refractivity contribution in [2.24, 2.45) is 5.73 Å². The van der Waals surface area contributed by atoms with Crippen LogP contribution in [0.25, 0.3) is 0 Å². The van der Waals surface area contributed by atoms with Crippen molar-refractivity contribution < 1.29 is 23.9 Å². The number of halogens is 2. The van der Waals surface area contributed by atoms with Crippen molar-refractivity contribution in [3.63, 3.8) is 0 Å². The molecule has 0 aromatic heterocycles. The molecule has 29 heavy (non-hydrogen) atoms. The topological polar surface area (TPSA) is 120 Å². The summed E-state index contributed by atoms with van der Waals surface area (Å²) in [7, 11) is 1.47. The summed E-state index contributed by atoms with van der Waals surface area (Å²) in [6.45, 7) is -0.520. The van der Waals surface area contributed by atoms with Crippen LogP contribution >= 0.6 is 23.2 Å². The molecule has 2 aromatic carbocycles. The van der Waals surface area contributed by atoms with Gasteiger partial charge in [0.25, 0.3) is 5.91 Å². The number of amides is 3. The Bertz CT molecular complexity index is 907. The summed E-state index contributed by atoms with van der Waals surface area (Å²) in [4.78, 5) is 35.4. The molecule has 0 saturated carbocycles. The van der Waals surface area contributed by atoms with Crippen LogP contribution in [0, 0.1) is 0 Å². The third-order valence-corrected chi connectivity index (χ3v) is 4.41. The van der Waals surface area contributed by atoms with E-state index in [0.717, 1.165) is 0 Å². The Kier molecular flexibility index (Phi) is 8.11. The Morgan fingerprint density at radius 1 is 1.10 bits per heavy atom. The SMILES string of the molecule is COc1ccc(NC(=O)COC(=O)CC(NC(N)=O)c2ccccc2Cl)cc1Cl. The summed E-state index contributed by atoms with van der Waals surface area (Å²) < 4.78 is 10.0. The quantitative estimate of drug-likeness (QED) is 0.545. The number of primary amides is 1. The minimum absolute atomic E-state index is 0.256. The normalized spacial score (nSPS) is 11.3. The van der Waals surface area contributed by atoms with Crippen LogP contribution in [-0.4, -0.2) is 31.6 Å². The fourth-order valence-corrected chi connectivity index (χ4v) is 3.01. The van der Waals surface area contributed by atoms with Gasteiger partial charge in [-0.05, 0) is 29.8 Å². The number of nitrogens with one attached hydrogen (secondary N) is 2. The summed E-state index contributed by atoms with van der Waals surface area (Å²) >= 11 is 12.1. The second-order valence-corrected chi connectivity index (χ2v) is 6.66. The van der Waals surface area contributed by atoms with Crippen molar-refractivity contribution in [1.29, 1.82) is 0 Å². The number of esters is 1. The molecular weight excluding hydrogens is 421 g/mol. The molecule has 0 bridgehead atoms. The van der Waals surface area contributed by atoms with Gasteiger partial charge in [-0.15, -0.1) is 0 Å². The van der Waals surface area contributed by atoms with E-state index >= 15 is 0 Å². The Hall–Kier alpha value is -2.97. The molecule has 0 saturated heterocycles. The van der Waals surface area contributed by atoms with Gasteiger partial charge in [-0.1, -0.05) is 41.4 Å². The molecule has 1 unspecified atom stereocenters. The van der Waals surface area contributed by atoms with Gasteiger partial charge in [0, 0.05) is 10.7 Å². The highest BCUT2D eigenvalue weighted by Gasteiger charge is 2.21. The van der Waals surface area contributed by atoms with Crippen molar-refractivity contribution in [1.82, 2.24) is 5.32 Å². The average Bonchev–Trinajstić information content (AvgIpc) is 2.66. The Labute approximate surface area is 177 Å². The first-order valence-electron chi connectivity index (χ1n) is 8.39. The van der Waals surface area contributed by atoms with Crippen LogP contribution in [0.4, 0.5) is 10.5 Å². The molecule has 1 atom stereocenters. The molecule has 0 aliphatic heterocycles. The molecule has 0 fully saturated rings. The number of methoxy groups -OCH3 is 1. The van der Waals surface area contributed by atoms with E-state index in [4.69, 9.17) is 38.4 Å². The van der Waals surface area contributed by atoms with Crippen molar-refractivity contribution >= 4 is 46.8 Å². The van der Waals surface area contributed by atoms with E-state index in [9.17, 15) is 14.4 Å². The zero-order valence-corrected chi connectivity index (χ0v) is 16.9. The van der Waals surface area contributed by atoms with E-state index in [0.29, 0.717) is 27.0 Å². The molecular formula is C19H19Cl2N3O5. The van der Waals surface area contributed by atoms with Gasteiger partial charge in [-0.25, -0.2) is 4.79 Å². The second-order valence-electron chi connectivity index (χ2n) is 5.84. The van der Waals surface area contributed by atoms with Gasteiger partial charge in [-0.3, -0.25) is 9.59 Å². The van der Waals surface area contributed by atoms with Crippen LogP contribution in [0.15, 0.2) is 42.5 Å². The Morgan fingerprint density at radius 2 is 1.83 bits per heavy atom. The molecule has 4 N–H and O–H groups in total. The predicted octanol–water partition coefficient (Wildman–Crippen LogP) is 3.28. The van der Waals surface area contributed by atoms with Crippen molar-refractivity contribution in [3.05, 3.63) is 58.1 Å². The summed E-state index contributed by atoms with van der Waals surface area (Å²) in [5.41, 5.74) is 6.09. The fourth-order valence-electron chi connectivity index (χ4n) is 2.48. The van der Waals surface area contributed by atoms with Gasteiger partial charge in [0.15, 0.2) is 6.61 Å². The summed E-state index contributed by atoms with van der Waals surface area (Å²) in [5.74, 6) is -0.813. The van der Waals surface area contributed by atoms with E-state index in [1.54, 1.807) is 36.4 Å². The van der Waals surface area contributed by atoms with Crippen LogP contribution in [0.3, 0.4) is 0 Å². The lowest BCUT2D eigenvalue weighted by Crippen LogP contribution is -2.35. The lowest BCUT2D eigenvalue weighted by atomic mass is 10.0. The average molecular weight is 440 g/mol. The first-order valence-corrected chi connectivity index (χ1v) is 9.15. The number of ether oxygens (including phenoxy) is 2. The molecule has 2 aromatic rings. The summed E-state index contributed by atoms with van der Waals surface area (Å²) in [6.07, 6.45) is -0.256. The molecule has 0 spiro atoms. The monoisotopic (exact) mass is 439 g/mol. The maximum Gasteiger partial charge on any atom is 0.312 e. The number of hydrogen-bond donors (Lipinski definition) is 3. The first kappa shape index (κ1) is 22.3. The number of benzene rings is 2. The summed E-state index contributed by atoms with van der Waals surface area (Å²) in [5, 5.41) is 5.66. The van der Waals surface area contributed by atoms with Gasteiger partial charge in [0.2, 0.25) is 0 Å². The Balaban J connectivity index is 1.93. The summed E-state index contributed by atoms with van der Waals surface area (Å²) in [6, 6.07) is 9.75. The largest absolute Gasteiger partial charge is 0.495 e. The smallest absolute Gasteiger partial charge is 0.312 e. The predicted molar refractivity (Wildman–Crippen MR) is 109 cm³/mol. The number of carbonyl (C=O) groups excluding carboxylic acids is 3. The molecule has 2 rings (SSSR count). The van der Waals surface area contributed by atoms with E-state index in [2.05, 4.69) is 10.6 Å². The molecule has 0 aliphatic carbocycles. The lowest BCUT2D eigenvalue weighted by Gasteiger charge is -2.18. The van der Waals surface area contributed by atoms with Gasteiger partial charge in [0.1, 0.15) is 5.75 Å². The van der Waals surface area contributed by atoms with Crippen LogP contribution in [0.2, 0.25) is 10.0 Å². The highest BCUT2D eigenvalue weighted by atomic mass is 35.5. The zero-order valence-electron chi connectivity index (χ0n) is 15.4. The minimum atomic E-state index is -0.822. The molecule has 154 valence electrons. The zero-order chi connectivity index (χ0) is 21.4. The number of carbonyl (C=O) groups is 3. The van der Waals surface area contributed by atoms with Gasteiger partial charge in [-0.2, -0.15) is 0 Å². The molecule has 0 radical (unpaired) electrons. The third kappa shape index (κ3) is 6.85. The maximum atomic E-state index is 12.1.